The van der Waals surface area contributed by atoms with E-state index in [1.165, 1.54) is 41.0 Å². The van der Waals surface area contributed by atoms with Crippen molar-refractivity contribution in [2.45, 2.75) is 34.6 Å². The summed E-state index contributed by atoms with van der Waals surface area (Å²) in [5.41, 5.74) is 4.52. The third kappa shape index (κ3) is 8.74. The van der Waals surface area contributed by atoms with Crippen molar-refractivity contribution < 1.29 is 32.7 Å². The van der Waals surface area contributed by atoms with E-state index in [4.69, 9.17) is 0 Å². The van der Waals surface area contributed by atoms with Crippen LogP contribution in [0.25, 0.3) is 0 Å². The minimum Gasteiger partial charge on any atom is -0.428 e. The molecule has 1 aliphatic rings. The molecule has 0 spiro atoms. The Balaban J connectivity index is 0.000000429. The van der Waals surface area contributed by atoms with Crippen LogP contribution < -0.4 is 9.80 Å². The molecule has 163 valence electrons. The van der Waals surface area contributed by atoms with Crippen molar-refractivity contribution >= 4 is 11.4 Å². The summed E-state index contributed by atoms with van der Waals surface area (Å²) in [7, 11) is 8.07. The van der Waals surface area contributed by atoms with Gasteiger partial charge < -0.3 is 9.80 Å². The maximum Gasteiger partial charge on any atom is 3.00 e. The monoisotopic (exact) mass is 492 g/mol. The fraction of sp³-hybridized carbons (Fsp3) is 0.321. The van der Waals surface area contributed by atoms with E-state index in [0.29, 0.717) is 0 Å². The van der Waals surface area contributed by atoms with Gasteiger partial charge in [0.25, 0.3) is 0 Å². The summed E-state index contributed by atoms with van der Waals surface area (Å²) < 4.78 is 0. The van der Waals surface area contributed by atoms with Crippen LogP contribution in [0.5, 0.6) is 0 Å². The Morgan fingerprint density at radius 1 is 0.484 bits per heavy atom. The van der Waals surface area contributed by atoms with E-state index in [9.17, 15) is 0 Å². The van der Waals surface area contributed by atoms with E-state index in [2.05, 4.69) is 70.4 Å². The van der Waals surface area contributed by atoms with E-state index in [0.717, 1.165) is 11.1 Å². The molecular weight excluding hydrogens is 453 g/mol. The third-order valence-electron chi connectivity index (χ3n) is 5.76. The molecule has 1 saturated carbocycles. The first-order valence-corrected chi connectivity index (χ1v) is 10.3. The van der Waals surface area contributed by atoms with Gasteiger partial charge in [0.05, 0.1) is 0 Å². The average molecular weight is 493 g/mol. The molecule has 0 aliphatic heterocycles. The molecule has 2 aromatic rings. The van der Waals surface area contributed by atoms with Crippen molar-refractivity contribution in [1.82, 2.24) is 0 Å². The number of para-hydroxylation sites is 2. The molecule has 3 heteroatoms. The molecule has 0 amide bonds. The van der Waals surface area contributed by atoms with Gasteiger partial charge in [-0.1, -0.05) is 70.3 Å². The predicted molar refractivity (Wildman–Crippen MR) is 135 cm³/mol. The zero-order valence-electron chi connectivity index (χ0n) is 21.0. The summed E-state index contributed by atoms with van der Waals surface area (Å²) in [5, 5.41) is 0. The van der Waals surface area contributed by atoms with Crippen molar-refractivity contribution in [3.8, 4) is 0 Å². The zero-order chi connectivity index (χ0) is 23.0. The van der Waals surface area contributed by atoms with Crippen LogP contribution in [-0.4, -0.2) is 28.2 Å². The molecule has 5 radical (unpaired) electrons. The Bertz CT molecular complexity index is 662. The fourth-order valence-corrected chi connectivity index (χ4v) is 3.30. The van der Waals surface area contributed by atoms with E-state index in [1.807, 2.05) is 64.6 Å². The molecular formula is C28H39N2Y+. The zero-order valence-corrected chi connectivity index (χ0v) is 23.8. The molecule has 2 aromatic carbocycles. The Hall–Kier alpha value is -1.12. The van der Waals surface area contributed by atoms with Crippen LogP contribution in [0.4, 0.5) is 11.4 Å². The Morgan fingerprint density at radius 2 is 0.710 bits per heavy atom. The topological polar surface area (TPSA) is 6.48 Å². The molecule has 0 unspecified atom stereocenters. The minimum absolute atomic E-state index is 0. The third-order valence-corrected chi connectivity index (χ3v) is 5.76. The van der Waals surface area contributed by atoms with Crippen molar-refractivity contribution in [2.75, 3.05) is 38.0 Å². The van der Waals surface area contributed by atoms with Gasteiger partial charge in [-0.05, 0) is 57.8 Å². The second-order valence-corrected chi connectivity index (χ2v) is 8.17. The van der Waals surface area contributed by atoms with E-state index >= 15 is 0 Å². The van der Waals surface area contributed by atoms with Gasteiger partial charge in [0.15, 0.2) is 0 Å². The van der Waals surface area contributed by atoms with Gasteiger partial charge in [-0.3, -0.25) is 0 Å². The van der Waals surface area contributed by atoms with Gasteiger partial charge in [-0.2, -0.15) is 37.1 Å². The first kappa shape index (κ1) is 29.9. The van der Waals surface area contributed by atoms with Crippen LogP contribution in [0.15, 0.2) is 48.5 Å². The normalized spacial score (nSPS) is 15.3. The van der Waals surface area contributed by atoms with Gasteiger partial charge in [-0.25, -0.2) is 0 Å². The number of rotatable bonds is 2. The molecule has 0 aromatic heterocycles. The molecule has 0 saturated heterocycles. The van der Waals surface area contributed by atoms with Crippen LogP contribution in [0.3, 0.4) is 0 Å². The molecule has 1 fully saturated rings. The van der Waals surface area contributed by atoms with E-state index < -0.39 is 0 Å². The number of nitrogens with zero attached hydrogens (tertiary/aromatic N) is 2. The van der Waals surface area contributed by atoms with Gasteiger partial charge in [0.1, 0.15) is 0 Å². The maximum absolute atomic E-state index is 3.90. The smallest absolute Gasteiger partial charge is 0.428 e. The second-order valence-electron chi connectivity index (χ2n) is 8.17. The molecule has 0 bridgehead atoms. The predicted octanol–water partition coefficient (Wildman–Crippen LogP) is 6.84. The molecule has 0 heterocycles. The summed E-state index contributed by atoms with van der Waals surface area (Å²) >= 11 is 0. The summed E-state index contributed by atoms with van der Waals surface area (Å²) in [4.78, 5) is 4.12. The maximum atomic E-state index is 3.90. The van der Waals surface area contributed by atoms with Crippen LogP contribution >= 0.6 is 0 Å². The first-order chi connectivity index (χ1) is 14.0. The fourth-order valence-electron chi connectivity index (χ4n) is 3.30. The molecule has 31 heavy (non-hydrogen) atoms. The van der Waals surface area contributed by atoms with Crippen molar-refractivity contribution in [3.05, 3.63) is 103 Å². The van der Waals surface area contributed by atoms with Gasteiger partial charge >= 0.3 is 32.7 Å². The summed E-state index contributed by atoms with van der Waals surface area (Å²) in [6.07, 6.45) is 0. The van der Waals surface area contributed by atoms with Gasteiger partial charge in [0.2, 0.25) is 0 Å². The SMILES string of the molecule is C[C]1[C](C)[C](C)[C](C)[C]1C.[CH2-]c1ccccc1N(C)C.[CH2-]c1ccccc1N(C)C.[Y+3]. The van der Waals surface area contributed by atoms with Crippen molar-refractivity contribution in [3.63, 3.8) is 0 Å². The van der Waals surface area contributed by atoms with E-state index in [1.54, 1.807) is 0 Å². The summed E-state index contributed by atoms with van der Waals surface area (Å²) in [5.74, 6) is 7.34. The van der Waals surface area contributed by atoms with Crippen LogP contribution in [-0.2, 0) is 32.7 Å². The Morgan fingerprint density at radius 3 is 0.871 bits per heavy atom. The van der Waals surface area contributed by atoms with Crippen LogP contribution in [0.1, 0.15) is 45.7 Å². The molecule has 3 rings (SSSR count). The van der Waals surface area contributed by atoms with Gasteiger partial charge in [0, 0.05) is 0 Å². The largest absolute Gasteiger partial charge is 3.00 e. The van der Waals surface area contributed by atoms with E-state index in [-0.39, 0.29) is 32.7 Å². The summed E-state index contributed by atoms with van der Waals surface area (Å²) in [6, 6.07) is 16.2. The molecule has 0 N–H and O–H groups in total. The second kappa shape index (κ2) is 14.1. The standard InChI is InChI=1S/C10H15.2C9H12N.Y/c1-6-7(2)9(4)10(5)8(6)3;2*1-8-6-4-5-7-9(8)10(2)3;/h1-5H3;2*4-7H,1H2,2-3H3;/q;2*-1;+3. The number of benzene rings is 2. The molecule has 1 aliphatic carbocycles. The minimum atomic E-state index is 0. The number of hydrogen-bond donors (Lipinski definition) is 0. The number of hydrogen-bond acceptors (Lipinski definition) is 2. The molecule has 2 nitrogen and oxygen atoms in total. The van der Waals surface area contributed by atoms with Crippen LogP contribution in [0.2, 0.25) is 0 Å². The van der Waals surface area contributed by atoms with Gasteiger partial charge in [-0.15, -0.1) is 12.1 Å². The molecule has 0 atom stereocenters. The average Bonchev–Trinajstić information content (AvgIpc) is 2.87. The Labute approximate surface area is 218 Å². The van der Waals surface area contributed by atoms with Crippen molar-refractivity contribution in [1.29, 1.82) is 0 Å². The summed E-state index contributed by atoms with van der Waals surface area (Å²) in [6.45, 7) is 18.8. The quantitative estimate of drug-likeness (QED) is 0.424. The van der Waals surface area contributed by atoms with Crippen LogP contribution in [0, 0.1) is 43.4 Å². The van der Waals surface area contributed by atoms with Crippen molar-refractivity contribution in [2.24, 2.45) is 0 Å². The Kier molecular flexibility index (Phi) is 13.6. The number of anilines is 2. The first-order valence-electron chi connectivity index (χ1n) is 10.3.